The molecule has 8 rings (SSSR count). The van der Waals surface area contributed by atoms with Crippen molar-refractivity contribution in [1.29, 1.82) is 0 Å². The molecular formula is C45H44N4PtSi. The summed E-state index contributed by atoms with van der Waals surface area (Å²) < 4.78 is 2.24. The molecule has 0 aliphatic carbocycles. The molecule has 0 saturated heterocycles. The van der Waals surface area contributed by atoms with Gasteiger partial charge in [0.1, 0.15) is 5.65 Å². The zero-order chi connectivity index (χ0) is 34.9. The molecule has 258 valence electrons. The standard InChI is InChI=1S/C45H44N4Si.Pt/c1-28(2)50(29(3)4,30(5)6)33-23-21-31(22-24-33)38-27-32-15-9-10-16-34(32)43(46-38)45(7,8)41-26-25-40-42(48-41)35-17-11-12-18-36(35)44-47-37-19-13-14-20-39(37)49(40)44;/h9-16,18-21,23-30H,1-8H3;/q-2;+2. The van der Waals surface area contributed by atoms with Crippen molar-refractivity contribution in [2.24, 2.45) is 0 Å². The molecule has 0 atom stereocenters. The van der Waals surface area contributed by atoms with Crippen LogP contribution in [0.1, 0.15) is 66.8 Å². The summed E-state index contributed by atoms with van der Waals surface area (Å²) in [5.74, 6) is 0. The summed E-state index contributed by atoms with van der Waals surface area (Å²) in [7, 11) is -1.79. The van der Waals surface area contributed by atoms with Crippen LogP contribution in [-0.4, -0.2) is 27.4 Å². The van der Waals surface area contributed by atoms with Crippen molar-refractivity contribution in [2.45, 2.75) is 77.4 Å². The van der Waals surface area contributed by atoms with Crippen molar-refractivity contribution in [3.63, 3.8) is 0 Å². The summed E-state index contributed by atoms with van der Waals surface area (Å²) >= 11 is 0. The Balaban J connectivity index is 0.00000406. The Hall–Kier alpha value is -4.18. The van der Waals surface area contributed by atoms with Gasteiger partial charge in [-0.05, 0) is 49.2 Å². The van der Waals surface area contributed by atoms with Crippen LogP contribution in [0.2, 0.25) is 16.6 Å². The van der Waals surface area contributed by atoms with E-state index in [1.165, 1.54) is 10.6 Å². The third kappa shape index (κ3) is 5.38. The molecule has 8 aromatic rings. The number of hydrogen-bond acceptors (Lipinski definition) is 3. The zero-order valence-corrected chi connectivity index (χ0v) is 33.9. The van der Waals surface area contributed by atoms with Crippen molar-refractivity contribution >= 4 is 62.5 Å². The number of benzene rings is 4. The predicted molar refractivity (Wildman–Crippen MR) is 213 cm³/mol. The van der Waals surface area contributed by atoms with Gasteiger partial charge < -0.3 is 4.40 Å². The molecule has 0 aliphatic rings. The second kappa shape index (κ2) is 13.1. The van der Waals surface area contributed by atoms with Gasteiger partial charge in [-0.25, -0.2) is 4.98 Å². The van der Waals surface area contributed by atoms with Crippen molar-refractivity contribution in [3.8, 4) is 11.3 Å². The molecule has 4 nitrogen and oxygen atoms in total. The summed E-state index contributed by atoms with van der Waals surface area (Å²) in [6, 6.07) is 43.8. The average molecular weight is 864 g/mol. The summed E-state index contributed by atoms with van der Waals surface area (Å²) in [6.45, 7) is 19.0. The van der Waals surface area contributed by atoms with E-state index in [2.05, 4.69) is 157 Å². The minimum atomic E-state index is -1.79. The SMILES string of the molecule is CC(C)[Si](c1c[c-]c(-c2cc3ccccc3c(C(C)(C)c3ccc4c(n3)c3[c-]cccc3c3nc5ccccc5n43)n2)cc1)(C(C)C)C(C)C.[Pt+2]. The van der Waals surface area contributed by atoms with Crippen LogP contribution in [0.5, 0.6) is 0 Å². The molecule has 51 heavy (non-hydrogen) atoms. The Kier molecular flexibility index (Phi) is 9.05. The summed E-state index contributed by atoms with van der Waals surface area (Å²) in [5.41, 5.74) is 10.3. The maximum absolute atomic E-state index is 5.46. The van der Waals surface area contributed by atoms with E-state index in [0.717, 1.165) is 66.5 Å². The first kappa shape index (κ1) is 35.2. The van der Waals surface area contributed by atoms with E-state index in [4.69, 9.17) is 15.0 Å². The van der Waals surface area contributed by atoms with Gasteiger partial charge in [-0.2, -0.15) is 0 Å². The number of nitrogens with zero attached hydrogens (tertiary/aromatic N) is 4. The summed E-state index contributed by atoms with van der Waals surface area (Å²) in [6.07, 6.45) is 0. The molecule has 0 N–H and O–H groups in total. The van der Waals surface area contributed by atoms with Gasteiger partial charge in [0.2, 0.25) is 0 Å². The molecule has 4 aromatic carbocycles. The van der Waals surface area contributed by atoms with E-state index < -0.39 is 13.5 Å². The van der Waals surface area contributed by atoms with Gasteiger partial charge in [-0.3, -0.25) is 9.97 Å². The van der Waals surface area contributed by atoms with Crippen LogP contribution in [0.4, 0.5) is 0 Å². The molecule has 4 aromatic heterocycles. The number of fused-ring (bicyclic) bond motifs is 9. The van der Waals surface area contributed by atoms with Crippen LogP contribution in [0.3, 0.4) is 0 Å². The summed E-state index contributed by atoms with van der Waals surface area (Å²) in [5, 5.41) is 5.82. The van der Waals surface area contributed by atoms with Gasteiger partial charge in [-0.1, -0.05) is 106 Å². The molecular weight excluding hydrogens is 820 g/mol. The van der Waals surface area contributed by atoms with Crippen molar-refractivity contribution in [3.05, 3.63) is 127 Å². The van der Waals surface area contributed by atoms with E-state index in [1.54, 1.807) is 0 Å². The molecule has 0 saturated carbocycles. The first-order valence-corrected chi connectivity index (χ1v) is 20.2. The van der Waals surface area contributed by atoms with Gasteiger partial charge in [0.15, 0.2) is 0 Å². The molecule has 0 fully saturated rings. The zero-order valence-electron chi connectivity index (χ0n) is 30.7. The quantitative estimate of drug-likeness (QED) is 0.0911. The Morgan fingerprint density at radius 2 is 1.39 bits per heavy atom. The van der Waals surface area contributed by atoms with Crippen LogP contribution >= 0.6 is 0 Å². The van der Waals surface area contributed by atoms with Gasteiger partial charge in [0.05, 0.1) is 11.0 Å². The fourth-order valence-corrected chi connectivity index (χ4v) is 15.9. The molecule has 6 heteroatoms. The van der Waals surface area contributed by atoms with E-state index in [9.17, 15) is 0 Å². The fourth-order valence-electron chi connectivity index (χ4n) is 9.22. The van der Waals surface area contributed by atoms with Crippen LogP contribution in [-0.2, 0) is 26.5 Å². The molecule has 0 aliphatic heterocycles. The molecule has 0 unspecified atom stereocenters. The fraction of sp³-hybridized carbons (Fsp3) is 0.267. The topological polar surface area (TPSA) is 43.1 Å². The molecule has 0 spiro atoms. The largest absolute Gasteiger partial charge is 2.00 e. The number of hydrogen-bond donors (Lipinski definition) is 0. The average Bonchev–Trinajstić information content (AvgIpc) is 3.51. The van der Waals surface area contributed by atoms with E-state index in [-0.39, 0.29) is 21.1 Å². The second-order valence-electron chi connectivity index (χ2n) is 15.4. The Morgan fingerprint density at radius 3 is 2.12 bits per heavy atom. The van der Waals surface area contributed by atoms with Gasteiger partial charge in [0.25, 0.3) is 0 Å². The smallest absolute Gasteiger partial charge is 0.307 e. The predicted octanol–water partition coefficient (Wildman–Crippen LogP) is 11.2. The van der Waals surface area contributed by atoms with Gasteiger partial charge in [-0.15, -0.1) is 64.7 Å². The maximum Gasteiger partial charge on any atom is 2.00 e. The monoisotopic (exact) mass is 863 g/mol. The Labute approximate surface area is 316 Å². The molecule has 0 bridgehead atoms. The number of imidazole rings is 1. The second-order valence-corrected chi connectivity index (χ2v) is 21.3. The summed E-state index contributed by atoms with van der Waals surface area (Å²) in [4.78, 5) is 16.0. The Bertz CT molecular complexity index is 2540. The first-order valence-electron chi connectivity index (χ1n) is 18.0. The van der Waals surface area contributed by atoms with Crippen LogP contribution < -0.4 is 5.19 Å². The van der Waals surface area contributed by atoms with Crippen LogP contribution in [0.25, 0.3) is 60.5 Å². The minimum absolute atomic E-state index is 0. The third-order valence-corrected chi connectivity index (χ3v) is 18.5. The van der Waals surface area contributed by atoms with E-state index >= 15 is 0 Å². The number of rotatable bonds is 7. The first-order chi connectivity index (χ1) is 24.0. The Morgan fingerprint density at radius 1 is 0.686 bits per heavy atom. The van der Waals surface area contributed by atoms with Crippen molar-refractivity contribution in [1.82, 2.24) is 19.4 Å². The normalized spacial score (nSPS) is 12.7. The molecule has 0 radical (unpaired) electrons. The number of para-hydroxylation sites is 2. The van der Waals surface area contributed by atoms with Crippen molar-refractivity contribution < 1.29 is 21.1 Å². The van der Waals surface area contributed by atoms with Crippen molar-refractivity contribution in [2.75, 3.05) is 0 Å². The van der Waals surface area contributed by atoms with Crippen LogP contribution in [0, 0.1) is 12.1 Å². The third-order valence-electron chi connectivity index (χ3n) is 11.4. The van der Waals surface area contributed by atoms with Gasteiger partial charge >= 0.3 is 21.1 Å². The number of pyridine rings is 3. The van der Waals surface area contributed by atoms with E-state index in [1.807, 2.05) is 18.2 Å². The van der Waals surface area contributed by atoms with E-state index in [0.29, 0.717) is 16.6 Å². The van der Waals surface area contributed by atoms with Gasteiger partial charge in [0, 0.05) is 41.3 Å². The molecule has 4 heterocycles. The minimum Gasteiger partial charge on any atom is -0.307 e. The molecule has 0 amide bonds. The van der Waals surface area contributed by atoms with Crippen LogP contribution in [0.15, 0.2) is 103 Å². The maximum atomic E-state index is 5.46. The number of aromatic nitrogens is 4.